The number of hydrogen-bond donors (Lipinski definition) is 0. The fourth-order valence-electron chi connectivity index (χ4n) is 1.48. The summed E-state index contributed by atoms with van der Waals surface area (Å²) in [5.41, 5.74) is 0.952. The highest BCUT2D eigenvalue weighted by atomic mass is 32.2. The van der Waals surface area contributed by atoms with Crippen molar-refractivity contribution in [1.29, 1.82) is 10.5 Å². The lowest BCUT2D eigenvalue weighted by Crippen LogP contribution is -1.96. The van der Waals surface area contributed by atoms with Gasteiger partial charge in [-0.25, -0.2) is 0 Å². The summed E-state index contributed by atoms with van der Waals surface area (Å²) in [6, 6.07) is 13.4. The summed E-state index contributed by atoms with van der Waals surface area (Å²) in [4.78, 5) is 0. The Labute approximate surface area is 108 Å². The first kappa shape index (κ1) is 11.7. The minimum atomic E-state index is 0.816. The van der Waals surface area contributed by atoms with Gasteiger partial charge in [0.05, 0.1) is 10.1 Å². The summed E-state index contributed by atoms with van der Waals surface area (Å²) in [7, 11) is 0. The summed E-state index contributed by atoms with van der Waals surface area (Å²) in [5.74, 6) is 0. The summed E-state index contributed by atoms with van der Waals surface area (Å²) >= 11 is 2.18. The topological polar surface area (TPSA) is 52.5 Å². The van der Waals surface area contributed by atoms with Gasteiger partial charge in [0.2, 0.25) is 0 Å². The third kappa shape index (κ3) is 2.47. The van der Waals surface area contributed by atoms with Crippen LogP contribution < -0.4 is 0 Å². The number of aromatic nitrogens is 1. The molecule has 0 aliphatic carbocycles. The van der Waals surface area contributed by atoms with Crippen LogP contribution in [-0.4, -0.2) is 4.57 Å². The van der Waals surface area contributed by atoms with Gasteiger partial charge in [-0.1, -0.05) is 18.2 Å². The van der Waals surface area contributed by atoms with Gasteiger partial charge < -0.3 is 0 Å². The molecule has 17 heavy (non-hydrogen) atoms. The molecule has 2 rings (SSSR count). The van der Waals surface area contributed by atoms with Crippen molar-refractivity contribution in [3.63, 3.8) is 0 Å². The number of rotatable bonds is 3. The Bertz CT molecular complexity index is 557. The predicted octanol–water partition coefficient (Wildman–Crippen LogP) is 3.62. The molecule has 2 aromatic rings. The van der Waals surface area contributed by atoms with E-state index in [1.54, 1.807) is 0 Å². The van der Waals surface area contributed by atoms with E-state index in [1.807, 2.05) is 47.0 Å². The Morgan fingerprint density at radius 3 is 1.82 bits per heavy atom. The van der Waals surface area contributed by atoms with E-state index in [0.717, 1.165) is 39.3 Å². The van der Waals surface area contributed by atoms with Crippen LogP contribution in [0.4, 0.5) is 0 Å². The standard InChI is InChI=1S/C12H7N3S2/c13-8-16-11-6-7-12(17-9-14)15(11)10-4-2-1-3-5-10/h1-7H. The van der Waals surface area contributed by atoms with Crippen LogP contribution in [0.25, 0.3) is 5.69 Å². The molecule has 1 heterocycles. The summed E-state index contributed by atoms with van der Waals surface area (Å²) < 4.78 is 1.90. The molecule has 5 heteroatoms. The molecule has 0 amide bonds. The SMILES string of the molecule is N#CSc1ccc(SC#N)n1-c1ccccc1. The van der Waals surface area contributed by atoms with Crippen LogP contribution in [0.3, 0.4) is 0 Å². The van der Waals surface area contributed by atoms with Crippen molar-refractivity contribution in [2.45, 2.75) is 10.1 Å². The molecular weight excluding hydrogens is 250 g/mol. The van der Waals surface area contributed by atoms with Crippen molar-refractivity contribution in [2.75, 3.05) is 0 Å². The number of thioether (sulfide) groups is 2. The second kappa shape index (κ2) is 5.49. The molecule has 0 unspecified atom stereocenters. The zero-order valence-electron chi connectivity index (χ0n) is 8.70. The molecule has 0 atom stereocenters. The molecule has 0 saturated heterocycles. The average molecular weight is 257 g/mol. The van der Waals surface area contributed by atoms with Gasteiger partial charge in [-0.2, -0.15) is 10.5 Å². The molecular formula is C12H7N3S2. The van der Waals surface area contributed by atoms with E-state index in [9.17, 15) is 0 Å². The van der Waals surface area contributed by atoms with Gasteiger partial charge >= 0.3 is 0 Å². The van der Waals surface area contributed by atoms with E-state index < -0.39 is 0 Å². The molecule has 3 nitrogen and oxygen atoms in total. The van der Waals surface area contributed by atoms with Crippen LogP contribution in [0.1, 0.15) is 0 Å². The van der Waals surface area contributed by atoms with Gasteiger partial charge in [0.25, 0.3) is 0 Å². The second-order valence-electron chi connectivity index (χ2n) is 3.07. The van der Waals surface area contributed by atoms with Crippen molar-refractivity contribution < 1.29 is 0 Å². The highest BCUT2D eigenvalue weighted by Crippen LogP contribution is 2.30. The van der Waals surface area contributed by atoms with E-state index in [2.05, 4.69) is 10.8 Å². The van der Waals surface area contributed by atoms with Gasteiger partial charge in [0.15, 0.2) is 0 Å². The van der Waals surface area contributed by atoms with Gasteiger partial charge in [0.1, 0.15) is 10.8 Å². The predicted molar refractivity (Wildman–Crippen MR) is 68.7 cm³/mol. The molecule has 0 aliphatic heterocycles. The number of nitriles is 2. The highest BCUT2D eigenvalue weighted by molar-refractivity contribution is 8.04. The molecule has 0 saturated carbocycles. The van der Waals surface area contributed by atoms with E-state index in [0.29, 0.717) is 0 Å². The van der Waals surface area contributed by atoms with Crippen molar-refractivity contribution in [2.24, 2.45) is 0 Å². The quantitative estimate of drug-likeness (QED) is 0.622. The highest BCUT2D eigenvalue weighted by Gasteiger charge is 2.10. The number of hydrogen-bond acceptors (Lipinski definition) is 4. The van der Waals surface area contributed by atoms with Gasteiger partial charge in [0, 0.05) is 29.2 Å². The summed E-state index contributed by atoms with van der Waals surface area (Å²) in [6.07, 6.45) is 0. The Hall–Kier alpha value is -1.82. The summed E-state index contributed by atoms with van der Waals surface area (Å²) in [6.45, 7) is 0. The lowest BCUT2D eigenvalue weighted by Gasteiger charge is -2.08. The first-order valence-electron chi connectivity index (χ1n) is 4.76. The van der Waals surface area contributed by atoms with E-state index in [-0.39, 0.29) is 0 Å². The number of benzene rings is 1. The smallest absolute Gasteiger partial charge is 0.140 e. The maximum atomic E-state index is 8.76. The zero-order chi connectivity index (χ0) is 12.1. The largest absolute Gasteiger partial charge is 0.297 e. The minimum absolute atomic E-state index is 0.816. The monoisotopic (exact) mass is 257 g/mol. The van der Waals surface area contributed by atoms with Crippen LogP contribution in [0.15, 0.2) is 52.5 Å². The van der Waals surface area contributed by atoms with Crippen molar-refractivity contribution in [3.05, 3.63) is 42.5 Å². The van der Waals surface area contributed by atoms with E-state index in [4.69, 9.17) is 10.5 Å². The second-order valence-corrected chi connectivity index (χ2v) is 4.68. The van der Waals surface area contributed by atoms with Gasteiger partial charge in [-0.05, 0) is 24.3 Å². The van der Waals surface area contributed by atoms with E-state index >= 15 is 0 Å². The van der Waals surface area contributed by atoms with Crippen LogP contribution in [0.5, 0.6) is 0 Å². The molecule has 0 bridgehead atoms. The molecule has 0 spiro atoms. The first-order chi connectivity index (χ1) is 8.36. The number of para-hydroxylation sites is 1. The van der Waals surface area contributed by atoms with Crippen molar-refractivity contribution in [3.8, 4) is 16.5 Å². The van der Waals surface area contributed by atoms with Gasteiger partial charge in [-0.3, -0.25) is 4.57 Å². The van der Waals surface area contributed by atoms with E-state index in [1.165, 1.54) is 0 Å². The lowest BCUT2D eigenvalue weighted by atomic mass is 10.3. The molecule has 1 aromatic carbocycles. The van der Waals surface area contributed by atoms with Crippen LogP contribution in [0.2, 0.25) is 0 Å². The average Bonchev–Trinajstić information content (AvgIpc) is 2.74. The molecule has 0 aliphatic rings. The molecule has 0 radical (unpaired) electrons. The Morgan fingerprint density at radius 2 is 1.35 bits per heavy atom. The maximum Gasteiger partial charge on any atom is 0.140 e. The number of nitrogens with zero attached hydrogens (tertiary/aromatic N) is 3. The lowest BCUT2D eigenvalue weighted by molar-refractivity contribution is 0.867. The van der Waals surface area contributed by atoms with Crippen molar-refractivity contribution in [1.82, 2.24) is 4.57 Å². The van der Waals surface area contributed by atoms with Crippen LogP contribution in [0, 0.1) is 21.3 Å². The normalized spacial score (nSPS) is 9.53. The Kier molecular flexibility index (Phi) is 3.77. The van der Waals surface area contributed by atoms with Gasteiger partial charge in [-0.15, -0.1) is 0 Å². The van der Waals surface area contributed by atoms with Crippen LogP contribution >= 0.6 is 23.5 Å². The molecule has 82 valence electrons. The fourth-order valence-corrected chi connectivity index (χ4v) is 2.59. The Morgan fingerprint density at radius 1 is 0.824 bits per heavy atom. The third-order valence-corrected chi connectivity index (χ3v) is 3.36. The fraction of sp³-hybridized carbons (Fsp3) is 0. The van der Waals surface area contributed by atoms with Crippen LogP contribution in [-0.2, 0) is 0 Å². The molecule has 0 fully saturated rings. The maximum absolute atomic E-state index is 8.76. The Balaban J connectivity index is 2.53. The summed E-state index contributed by atoms with van der Waals surface area (Å²) in [5, 5.41) is 23.3. The first-order valence-corrected chi connectivity index (χ1v) is 6.39. The van der Waals surface area contributed by atoms with Crippen molar-refractivity contribution >= 4 is 23.5 Å². The number of thiocyanates is 2. The third-order valence-electron chi connectivity index (χ3n) is 2.12. The zero-order valence-corrected chi connectivity index (χ0v) is 10.3. The molecule has 0 N–H and O–H groups in total. The minimum Gasteiger partial charge on any atom is -0.297 e. The molecule has 1 aromatic heterocycles.